The molecule has 4 rings (SSSR count). The molecule has 0 radical (unpaired) electrons. The largest absolute Gasteiger partial charge is 0.465 e. The molecule has 3 heterocycles. The van der Waals surface area contributed by atoms with E-state index in [0.29, 0.717) is 38.4 Å². The van der Waals surface area contributed by atoms with Gasteiger partial charge in [-0.2, -0.15) is 4.31 Å². The fourth-order valence-corrected chi connectivity index (χ4v) is 5.66. The van der Waals surface area contributed by atoms with E-state index in [1.165, 1.54) is 10.4 Å². The molecule has 2 fully saturated rings. The molecule has 1 aromatic carbocycles. The zero-order valence-electron chi connectivity index (χ0n) is 17.7. The van der Waals surface area contributed by atoms with Gasteiger partial charge in [0.15, 0.2) is 0 Å². The summed E-state index contributed by atoms with van der Waals surface area (Å²) < 4.78 is 38.4. The van der Waals surface area contributed by atoms with Crippen LogP contribution in [-0.4, -0.2) is 69.5 Å². The summed E-state index contributed by atoms with van der Waals surface area (Å²) in [5.41, 5.74) is 0.330. The molecule has 0 unspecified atom stereocenters. The predicted octanol–water partition coefficient (Wildman–Crippen LogP) is 2.18. The van der Waals surface area contributed by atoms with Gasteiger partial charge in [-0.15, -0.1) is 0 Å². The van der Waals surface area contributed by atoms with Crippen LogP contribution in [0.5, 0.6) is 0 Å². The smallest absolute Gasteiger partial charge is 0.251 e. The number of benzene rings is 1. The normalized spacial score (nSPS) is 19.4. The second kappa shape index (κ2) is 9.52. The van der Waals surface area contributed by atoms with Gasteiger partial charge in [0.1, 0.15) is 11.5 Å². The lowest BCUT2D eigenvalue weighted by molar-refractivity contribution is 0.0117. The number of hydrogen-bond donors (Lipinski definition) is 1. The molecule has 1 aromatic heterocycles. The second-order valence-electron chi connectivity index (χ2n) is 7.96. The van der Waals surface area contributed by atoms with Crippen molar-refractivity contribution < 1.29 is 22.4 Å². The van der Waals surface area contributed by atoms with Crippen LogP contribution in [0, 0.1) is 6.92 Å². The van der Waals surface area contributed by atoms with Gasteiger partial charge in [0.05, 0.1) is 24.2 Å². The standard InChI is InChI=1S/C22H29N3O5S/c1-17-7-8-21(30-17)20(24-11-13-29-14-12-24)16-23-22(26)18-5-4-6-19(15-18)31(27,28)25-9-2-3-10-25/h4-8,15,20H,2-3,9-14,16H2,1H3,(H,23,26)/t20-/m1/s1. The van der Waals surface area contributed by atoms with E-state index in [2.05, 4.69) is 10.2 Å². The van der Waals surface area contributed by atoms with E-state index >= 15 is 0 Å². The molecule has 168 valence electrons. The van der Waals surface area contributed by atoms with Gasteiger partial charge in [0.25, 0.3) is 5.91 Å². The van der Waals surface area contributed by atoms with Gasteiger partial charge in [0, 0.05) is 38.3 Å². The first-order valence-corrected chi connectivity index (χ1v) is 12.2. The Morgan fingerprint density at radius 2 is 1.84 bits per heavy atom. The molecule has 31 heavy (non-hydrogen) atoms. The van der Waals surface area contributed by atoms with Crippen molar-refractivity contribution in [2.45, 2.75) is 30.7 Å². The zero-order valence-corrected chi connectivity index (χ0v) is 18.6. The molecule has 8 nitrogen and oxygen atoms in total. The number of hydrogen-bond acceptors (Lipinski definition) is 6. The molecular formula is C22H29N3O5S. The Morgan fingerprint density at radius 1 is 1.10 bits per heavy atom. The van der Waals surface area contributed by atoms with E-state index in [1.807, 2.05) is 19.1 Å². The number of nitrogens with one attached hydrogen (secondary N) is 1. The van der Waals surface area contributed by atoms with Crippen molar-refractivity contribution in [2.24, 2.45) is 0 Å². The van der Waals surface area contributed by atoms with Crippen LogP contribution in [0.25, 0.3) is 0 Å². The topological polar surface area (TPSA) is 92.1 Å². The Kier molecular flexibility index (Phi) is 6.76. The maximum Gasteiger partial charge on any atom is 0.251 e. The summed E-state index contributed by atoms with van der Waals surface area (Å²) in [4.78, 5) is 15.3. The van der Waals surface area contributed by atoms with Gasteiger partial charge >= 0.3 is 0 Å². The third-order valence-corrected chi connectivity index (χ3v) is 7.73. The van der Waals surface area contributed by atoms with Gasteiger partial charge in [-0.1, -0.05) is 6.07 Å². The van der Waals surface area contributed by atoms with Crippen LogP contribution in [-0.2, 0) is 14.8 Å². The summed E-state index contributed by atoms with van der Waals surface area (Å²) in [6, 6.07) is 10.0. The number of amides is 1. The molecule has 2 aliphatic heterocycles. The van der Waals surface area contributed by atoms with E-state index < -0.39 is 10.0 Å². The van der Waals surface area contributed by atoms with Crippen LogP contribution in [0.3, 0.4) is 0 Å². The van der Waals surface area contributed by atoms with E-state index in [4.69, 9.17) is 9.15 Å². The van der Waals surface area contributed by atoms with Gasteiger partial charge in [0.2, 0.25) is 10.0 Å². The highest BCUT2D eigenvalue weighted by atomic mass is 32.2. The lowest BCUT2D eigenvalue weighted by Gasteiger charge is -2.33. The maximum absolute atomic E-state index is 12.9. The van der Waals surface area contributed by atoms with Crippen molar-refractivity contribution in [3.63, 3.8) is 0 Å². The average molecular weight is 448 g/mol. The molecule has 1 atom stereocenters. The number of carbonyl (C=O) groups excluding carboxylic acids is 1. The Morgan fingerprint density at radius 3 is 2.52 bits per heavy atom. The molecule has 0 saturated carbocycles. The molecule has 1 amide bonds. The minimum atomic E-state index is -3.57. The maximum atomic E-state index is 12.9. The average Bonchev–Trinajstić information content (AvgIpc) is 3.47. The summed E-state index contributed by atoms with van der Waals surface area (Å²) in [5, 5.41) is 2.96. The van der Waals surface area contributed by atoms with Crippen LogP contribution in [0.2, 0.25) is 0 Å². The summed E-state index contributed by atoms with van der Waals surface area (Å²) >= 11 is 0. The summed E-state index contributed by atoms with van der Waals surface area (Å²) in [5.74, 6) is 1.31. The van der Waals surface area contributed by atoms with Crippen molar-refractivity contribution in [3.05, 3.63) is 53.5 Å². The quantitative estimate of drug-likeness (QED) is 0.700. The van der Waals surface area contributed by atoms with Crippen molar-refractivity contribution in [3.8, 4) is 0 Å². The highest BCUT2D eigenvalue weighted by Gasteiger charge is 2.28. The number of carbonyl (C=O) groups is 1. The van der Waals surface area contributed by atoms with Crippen molar-refractivity contribution in [1.29, 1.82) is 0 Å². The highest BCUT2D eigenvalue weighted by molar-refractivity contribution is 7.89. The number of rotatable bonds is 7. The molecule has 2 saturated heterocycles. The number of aryl methyl sites for hydroxylation is 1. The molecular weight excluding hydrogens is 418 g/mol. The first kappa shape index (κ1) is 22.0. The first-order chi connectivity index (χ1) is 14.9. The van der Waals surface area contributed by atoms with Crippen LogP contribution < -0.4 is 5.32 Å². The van der Waals surface area contributed by atoms with Gasteiger partial charge < -0.3 is 14.5 Å². The Balaban J connectivity index is 1.48. The highest BCUT2D eigenvalue weighted by Crippen LogP contribution is 2.24. The Labute approximate surface area is 183 Å². The van der Waals surface area contributed by atoms with Gasteiger partial charge in [-0.25, -0.2) is 8.42 Å². The lowest BCUT2D eigenvalue weighted by atomic mass is 10.1. The van der Waals surface area contributed by atoms with Crippen molar-refractivity contribution in [2.75, 3.05) is 45.9 Å². The first-order valence-electron chi connectivity index (χ1n) is 10.7. The Hall–Kier alpha value is -2.20. The third kappa shape index (κ3) is 5.01. The fraction of sp³-hybridized carbons (Fsp3) is 0.500. The number of sulfonamides is 1. The molecule has 0 bridgehead atoms. The van der Waals surface area contributed by atoms with Crippen LogP contribution in [0.15, 0.2) is 45.7 Å². The van der Waals surface area contributed by atoms with E-state index in [0.717, 1.165) is 37.5 Å². The number of ether oxygens (including phenoxy) is 1. The van der Waals surface area contributed by atoms with Crippen LogP contribution >= 0.6 is 0 Å². The zero-order chi connectivity index (χ0) is 21.8. The summed E-state index contributed by atoms with van der Waals surface area (Å²) in [7, 11) is -3.57. The van der Waals surface area contributed by atoms with Crippen LogP contribution in [0.4, 0.5) is 0 Å². The third-order valence-electron chi connectivity index (χ3n) is 5.83. The molecule has 0 spiro atoms. The second-order valence-corrected chi connectivity index (χ2v) is 9.90. The summed E-state index contributed by atoms with van der Waals surface area (Å²) in [6.07, 6.45) is 1.74. The number of morpholine rings is 1. The predicted molar refractivity (Wildman–Crippen MR) is 115 cm³/mol. The number of nitrogens with zero attached hydrogens (tertiary/aromatic N) is 2. The molecule has 0 aliphatic carbocycles. The minimum absolute atomic E-state index is 0.113. The number of furan rings is 1. The molecule has 2 aromatic rings. The van der Waals surface area contributed by atoms with Crippen molar-refractivity contribution >= 4 is 15.9 Å². The fourth-order valence-electron chi connectivity index (χ4n) is 4.10. The Bertz CT molecular complexity index is 1010. The lowest BCUT2D eigenvalue weighted by Crippen LogP contribution is -2.43. The SMILES string of the molecule is Cc1ccc([C@@H](CNC(=O)c2cccc(S(=O)(=O)N3CCCC3)c2)N2CCOCC2)o1. The monoisotopic (exact) mass is 447 g/mol. The molecule has 1 N–H and O–H groups in total. The van der Waals surface area contributed by atoms with E-state index in [-0.39, 0.29) is 16.8 Å². The van der Waals surface area contributed by atoms with Crippen LogP contribution in [0.1, 0.15) is 40.8 Å². The van der Waals surface area contributed by atoms with Gasteiger partial charge in [-0.3, -0.25) is 9.69 Å². The van der Waals surface area contributed by atoms with E-state index in [1.54, 1.807) is 18.2 Å². The van der Waals surface area contributed by atoms with Gasteiger partial charge in [-0.05, 0) is 50.1 Å². The summed E-state index contributed by atoms with van der Waals surface area (Å²) in [6.45, 7) is 6.10. The molecule has 2 aliphatic rings. The van der Waals surface area contributed by atoms with Crippen molar-refractivity contribution in [1.82, 2.24) is 14.5 Å². The minimum Gasteiger partial charge on any atom is -0.465 e. The van der Waals surface area contributed by atoms with E-state index in [9.17, 15) is 13.2 Å². The molecule has 9 heteroatoms.